The minimum Gasteiger partial charge on any atom is -0.381 e. The van der Waals surface area contributed by atoms with Crippen molar-refractivity contribution >= 4 is 17.7 Å². The Morgan fingerprint density at radius 3 is 2.25 bits per heavy atom. The van der Waals surface area contributed by atoms with Gasteiger partial charge in [0.2, 0.25) is 17.7 Å². The van der Waals surface area contributed by atoms with Gasteiger partial charge in [0, 0.05) is 32.5 Å². The predicted molar refractivity (Wildman–Crippen MR) is 105 cm³/mol. The Morgan fingerprint density at radius 1 is 1.04 bits per heavy atom. The first kappa shape index (κ1) is 21.1. The topological polar surface area (TPSA) is 79.0 Å². The molecule has 7 heteroatoms. The summed E-state index contributed by atoms with van der Waals surface area (Å²) in [7, 11) is 1.74. The second-order valence-electron chi connectivity index (χ2n) is 9.00. The number of likely N-dealkylation sites (tertiary alicyclic amines) is 2. The Hall–Kier alpha value is -1.63. The number of hydrogen-bond donors (Lipinski definition) is 1. The number of hydrogen-bond acceptors (Lipinski definition) is 4. The summed E-state index contributed by atoms with van der Waals surface area (Å²) < 4.78 is 5.40. The lowest BCUT2D eigenvalue weighted by Crippen LogP contribution is -2.54. The molecule has 158 valence electrons. The zero-order chi connectivity index (χ0) is 20.3. The lowest BCUT2D eigenvalue weighted by atomic mass is 9.86. The molecule has 2 bridgehead atoms. The van der Waals surface area contributed by atoms with E-state index in [1.54, 1.807) is 7.11 Å². The molecule has 2 heterocycles. The summed E-state index contributed by atoms with van der Waals surface area (Å²) >= 11 is 0. The van der Waals surface area contributed by atoms with E-state index in [9.17, 15) is 14.4 Å². The monoisotopic (exact) mass is 393 g/mol. The molecule has 0 spiro atoms. The van der Waals surface area contributed by atoms with Gasteiger partial charge >= 0.3 is 0 Å². The number of fused-ring (bicyclic) bond motifs is 2. The second kappa shape index (κ2) is 9.25. The van der Waals surface area contributed by atoms with Gasteiger partial charge in [0.05, 0.1) is 24.7 Å². The van der Waals surface area contributed by atoms with Crippen LogP contribution in [0, 0.1) is 11.8 Å². The molecular weight excluding hydrogens is 358 g/mol. The van der Waals surface area contributed by atoms with Gasteiger partial charge in [-0.3, -0.25) is 14.4 Å². The summed E-state index contributed by atoms with van der Waals surface area (Å²) in [5.74, 6) is 0.753. The van der Waals surface area contributed by atoms with Crippen LogP contribution < -0.4 is 5.32 Å². The molecule has 3 rings (SSSR count). The Morgan fingerprint density at radius 2 is 1.68 bits per heavy atom. The van der Waals surface area contributed by atoms with Gasteiger partial charge in [-0.05, 0) is 44.4 Å². The fourth-order valence-electron chi connectivity index (χ4n) is 4.81. The van der Waals surface area contributed by atoms with Crippen molar-refractivity contribution in [1.29, 1.82) is 0 Å². The van der Waals surface area contributed by atoms with Gasteiger partial charge in [0.25, 0.3) is 0 Å². The van der Waals surface area contributed by atoms with Gasteiger partial charge in [-0.2, -0.15) is 0 Å². The molecule has 1 saturated carbocycles. The van der Waals surface area contributed by atoms with Crippen LogP contribution in [0.15, 0.2) is 0 Å². The number of carbonyl (C=O) groups excluding carboxylic acids is 3. The lowest BCUT2D eigenvalue weighted by Gasteiger charge is -2.37. The Labute approximate surface area is 168 Å². The number of piperazine rings is 1. The van der Waals surface area contributed by atoms with Gasteiger partial charge in [0.15, 0.2) is 0 Å². The minimum absolute atomic E-state index is 0.0295. The van der Waals surface area contributed by atoms with E-state index in [2.05, 4.69) is 19.2 Å². The number of rotatable bonds is 7. The molecule has 2 saturated heterocycles. The van der Waals surface area contributed by atoms with Crippen molar-refractivity contribution in [2.75, 3.05) is 26.7 Å². The van der Waals surface area contributed by atoms with E-state index in [0.29, 0.717) is 31.5 Å². The van der Waals surface area contributed by atoms with Crippen LogP contribution in [0.5, 0.6) is 0 Å². The smallest absolute Gasteiger partial charge is 0.242 e. The number of carbonyl (C=O) groups is 3. The molecule has 2 aliphatic heterocycles. The molecular formula is C21H35N3O4. The highest BCUT2D eigenvalue weighted by Crippen LogP contribution is 2.35. The molecule has 2 atom stereocenters. The summed E-state index contributed by atoms with van der Waals surface area (Å²) in [4.78, 5) is 41.2. The summed E-state index contributed by atoms with van der Waals surface area (Å²) in [6, 6.07) is 0.238. The van der Waals surface area contributed by atoms with Gasteiger partial charge in [-0.25, -0.2) is 0 Å². The standard InChI is InChI=1S/C21H35N3O4/c1-14(2)4-9-19(25)22-11-20(26)23-12-17-10-16(23)13-24(17)21(27)15-5-7-18(28-3)8-6-15/h14-18H,4-13H2,1-3H3,(H,22,25)/t15?,16-,17-,18?/m0/s1. The molecule has 0 aromatic carbocycles. The maximum Gasteiger partial charge on any atom is 0.242 e. The van der Waals surface area contributed by atoms with Gasteiger partial charge in [-0.15, -0.1) is 0 Å². The average molecular weight is 394 g/mol. The van der Waals surface area contributed by atoms with Crippen molar-refractivity contribution in [3.05, 3.63) is 0 Å². The summed E-state index contributed by atoms with van der Waals surface area (Å²) in [5.41, 5.74) is 0. The zero-order valence-electron chi connectivity index (χ0n) is 17.5. The molecule has 0 unspecified atom stereocenters. The quantitative estimate of drug-likeness (QED) is 0.712. The van der Waals surface area contributed by atoms with Crippen molar-refractivity contribution in [2.45, 2.75) is 77.0 Å². The molecule has 0 aromatic heterocycles. The molecule has 3 amide bonds. The van der Waals surface area contributed by atoms with Crippen LogP contribution in [0.4, 0.5) is 0 Å². The lowest BCUT2D eigenvalue weighted by molar-refractivity contribution is -0.143. The first-order valence-electron chi connectivity index (χ1n) is 10.8. The first-order valence-corrected chi connectivity index (χ1v) is 10.8. The molecule has 3 fully saturated rings. The van der Waals surface area contributed by atoms with Crippen LogP contribution in [-0.4, -0.2) is 72.5 Å². The van der Waals surface area contributed by atoms with E-state index < -0.39 is 0 Å². The Kier molecular flexibility index (Phi) is 6.96. The highest BCUT2D eigenvalue weighted by atomic mass is 16.5. The summed E-state index contributed by atoms with van der Waals surface area (Å²) in [6.45, 7) is 5.46. The number of methoxy groups -OCH3 is 1. The average Bonchev–Trinajstić information content (AvgIpc) is 3.31. The van der Waals surface area contributed by atoms with E-state index in [4.69, 9.17) is 4.74 Å². The van der Waals surface area contributed by atoms with Gasteiger partial charge in [0.1, 0.15) is 0 Å². The molecule has 28 heavy (non-hydrogen) atoms. The Bertz CT molecular complexity index is 586. The largest absolute Gasteiger partial charge is 0.381 e. The van der Waals surface area contributed by atoms with Crippen LogP contribution in [0.1, 0.15) is 58.8 Å². The van der Waals surface area contributed by atoms with Crippen molar-refractivity contribution < 1.29 is 19.1 Å². The first-order chi connectivity index (χ1) is 13.4. The van der Waals surface area contributed by atoms with E-state index in [1.165, 1.54) is 0 Å². The van der Waals surface area contributed by atoms with Crippen LogP contribution in [0.2, 0.25) is 0 Å². The molecule has 0 aromatic rings. The maximum absolute atomic E-state index is 12.9. The van der Waals surface area contributed by atoms with Crippen LogP contribution >= 0.6 is 0 Å². The molecule has 7 nitrogen and oxygen atoms in total. The fourth-order valence-corrected chi connectivity index (χ4v) is 4.81. The summed E-state index contributed by atoms with van der Waals surface area (Å²) in [5, 5.41) is 2.75. The Balaban J connectivity index is 1.43. The normalized spacial score (nSPS) is 29.4. The highest BCUT2D eigenvalue weighted by Gasteiger charge is 2.48. The molecule has 0 radical (unpaired) electrons. The van der Waals surface area contributed by atoms with E-state index >= 15 is 0 Å². The van der Waals surface area contributed by atoms with Crippen LogP contribution in [-0.2, 0) is 19.1 Å². The number of amides is 3. The highest BCUT2D eigenvalue weighted by molar-refractivity contribution is 5.86. The van der Waals surface area contributed by atoms with Crippen LogP contribution in [0.25, 0.3) is 0 Å². The van der Waals surface area contributed by atoms with Crippen LogP contribution in [0.3, 0.4) is 0 Å². The van der Waals surface area contributed by atoms with Crippen molar-refractivity contribution in [2.24, 2.45) is 11.8 Å². The SMILES string of the molecule is COC1CCC(C(=O)N2C[C@@H]3C[C@H]2CN3C(=O)CNC(=O)CCC(C)C)CC1. The van der Waals surface area contributed by atoms with E-state index in [-0.39, 0.29) is 42.3 Å². The number of nitrogens with one attached hydrogen (secondary N) is 1. The molecule has 1 N–H and O–H groups in total. The minimum atomic E-state index is -0.0603. The van der Waals surface area contributed by atoms with E-state index in [1.807, 2.05) is 9.80 Å². The van der Waals surface area contributed by atoms with Crippen molar-refractivity contribution in [3.8, 4) is 0 Å². The van der Waals surface area contributed by atoms with Gasteiger partial charge in [-0.1, -0.05) is 13.8 Å². The molecule has 3 aliphatic rings. The maximum atomic E-state index is 12.9. The third kappa shape index (κ3) is 4.85. The summed E-state index contributed by atoms with van der Waals surface area (Å²) in [6.07, 6.45) is 6.16. The second-order valence-corrected chi connectivity index (χ2v) is 9.00. The third-order valence-electron chi connectivity index (χ3n) is 6.59. The third-order valence-corrected chi connectivity index (χ3v) is 6.59. The zero-order valence-corrected chi connectivity index (χ0v) is 17.5. The number of ether oxygens (including phenoxy) is 1. The van der Waals surface area contributed by atoms with Gasteiger partial charge < -0.3 is 19.9 Å². The molecule has 1 aliphatic carbocycles. The predicted octanol–water partition coefficient (Wildman–Crippen LogP) is 1.56. The van der Waals surface area contributed by atoms with Crippen molar-refractivity contribution in [1.82, 2.24) is 15.1 Å². The van der Waals surface area contributed by atoms with Crippen molar-refractivity contribution in [3.63, 3.8) is 0 Å². The van der Waals surface area contributed by atoms with E-state index in [0.717, 1.165) is 38.5 Å². The fraction of sp³-hybridized carbons (Fsp3) is 0.857. The number of nitrogens with zero attached hydrogens (tertiary/aromatic N) is 2.